The van der Waals surface area contributed by atoms with E-state index in [4.69, 9.17) is 9.47 Å². The van der Waals surface area contributed by atoms with Gasteiger partial charge in [-0.2, -0.15) is 0 Å². The van der Waals surface area contributed by atoms with Gasteiger partial charge in [0.05, 0.1) is 26.0 Å². The summed E-state index contributed by atoms with van der Waals surface area (Å²) in [4.78, 5) is 30.5. The van der Waals surface area contributed by atoms with Gasteiger partial charge >= 0.3 is 12.0 Å². The minimum Gasteiger partial charge on any atom is -0.461 e. The highest BCUT2D eigenvalue weighted by Gasteiger charge is 2.24. The summed E-state index contributed by atoms with van der Waals surface area (Å²) >= 11 is 0. The topological polar surface area (TPSA) is 97.7 Å². The largest absolute Gasteiger partial charge is 0.461 e. The van der Waals surface area contributed by atoms with E-state index >= 15 is 0 Å². The van der Waals surface area contributed by atoms with Gasteiger partial charge in [0.1, 0.15) is 5.69 Å². The first-order valence-electron chi connectivity index (χ1n) is 8.99. The van der Waals surface area contributed by atoms with Gasteiger partial charge in [0.15, 0.2) is 0 Å². The molecule has 0 radical (unpaired) electrons. The molecule has 0 spiro atoms. The fraction of sp³-hybridized carbons (Fsp3) is 0.706. The number of nitrogens with zero attached hydrogens (tertiary/aromatic N) is 3. The molecule has 0 unspecified atom stereocenters. The first-order chi connectivity index (χ1) is 12.4. The van der Waals surface area contributed by atoms with E-state index in [1.807, 2.05) is 0 Å². The fourth-order valence-electron chi connectivity index (χ4n) is 2.96. The molecule has 26 heavy (non-hydrogen) atoms. The maximum Gasteiger partial charge on any atom is 0.356 e. The molecule has 0 aromatic carbocycles. The highest BCUT2D eigenvalue weighted by molar-refractivity contribution is 5.91. The summed E-state index contributed by atoms with van der Waals surface area (Å²) in [5.74, 6) is 0.221. The molecule has 1 aliphatic rings. The number of imidazole rings is 1. The van der Waals surface area contributed by atoms with Gasteiger partial charge in [-0.1, -0.05) is 13.8 Å². The molecule has 0 aliphatic carbocycles. The van der Waals surface area contributed by atoms with Crippen molar-refractivity contribution in [3.05, 3.63) is 11.9 Å². The number of rotatable bonds is 7. The van der Waals surface area contributed by atoms with Crippen LogP contribution in [0.15, 0.2) is 6.20 Å². The Kier molecular flexibility index (Phi) is 7.40. The second-order valence-electron chi connectivity index (χ2n) is 6.54. The van der Waals surface area contributed by atoms with Gasteiger partial charge < -0.3 is 19.4 Å². The molecule has 1 aliphatic heterocycles. The van der Waals surface area contributed by atoms with Crippen molar-refractivity contribution < 1.29 is 19.1 Å². The third kappa shape index (κ3) is 5.18. The van der Waals surface area contributed by atoms with Crippen LogP contribution in [0.3, 0.4) is 0 Å². The normalized spacial score (nSPS) is 16.3. The second-order valence-corrected chi connectivity index (χ2v) is 6.54. The van der Waals surface area contributed by atoms with Crippen LogP contribution < -0.4 is 10.6 Å². The molecule has 0 bridgehead atoms. The molecular formula is C17H29N5O4. The Morgan fingerprint density at radius 3 is 2.65 bits per heavy atom. The molecule has 1 aromatic rings. The van der Waals surface area contributed by atoms with Crippen LogP contribution in [0.5, 0.6) is 0 Å². The number of hydrogen-bond acceptors (Lipinski definition) is 6. The number of carbonyl (C=O) groups is 2. The Bertz CT molecular complexity index is 610. The lowest BCUT2D eigenvalue weighted by Gasteiger charge is -2.36. The van der Waals surface area contributed by atoms with Crippen LogP contribution in [0.4, 0.5) is 10.7 Å². The van der Waals surface area contributed by atoms with Gasteiger partial charge in [0, 0.05) is 32.7 Å². The van der Waals surface area contributed by atoms with Crippen LogP contribution >= 0.6 is 0 Å². The average molecular weight is 367 g/mol. The molecule has 1 aromatic heterocycles. The van der Waals surface area contributed by atoms with E-state index < -0.39 is 5.97 Å². The SMILES string of the molecule is CCOC(=O)c1cnc(NC(=O)NC[C@@H](C(C)C)N2CCOCC2)n1C. The van der Waals surface area contributed by atoms with Crippen molar-refractivity contribution in [2.24, 2.45) is 13.0 Å². The number of amides is 2. The summed E-state index contributed by atoms with van der Waals surface area (Å²) in [7, 11) is 1.65. The minimum atomic E-state index is -0.469. The number of aromatic nitrogens is 2. The monoisotopic (exact) mass is 367 g/mol. The van der Waals surface area contributed by atoms with Crippen molar-refractivity contribution in [1.29, 1.82) is 0 Å². The Balaban J connectivity index is 1.90. The molecule has 1 fully saturated rings. The number of ether oxygens (including phenoxy) is 2. The number of carbonyl (C=O) groups excluding carboxylic acids is 2. The molecule has 1 saturated heterocycles. The van der Waals surface area contributed by atoms with Crippen molar-refractivity contribution in [2.45, 2.75) is 26.8 Å². The lowest BCUT2D eigenvalue weighted by molar-refractivity contribution is 0.00728. The molecule has 0 saturated carbocycles. The highest BCUT2D eigenvalue weighted by atomic mass is 16.5. The minimum absolute atomic E-state index is 0.237. The number of urea groups is 1. The van der Waals surface area contributed by atoms with Gasteiger partial charge in [0.2, 0.25) is 5.95 Å². The van der Waals surface area contributed by atoms with Crippen LogP contribution in [0.1, 0.15) is 31.3 Å². The summed E-state index contributed by atoms with van der Waals surface area (Å²) in [6.07, 6.45) is 1.39. The zero-order valence-corrected chi connectivity index (χ0v) is 15.9. The van der Waals surface area contributed by atoms with Gasteiger partial charge in [-0.3, -0.25) is 10.2 Å². The number of anilines is 1. The van der Waals surface area contributed by atoms with Crippen LogP contribution in [0, 0.1) is 5.92 Å². The number of nitrogens with one attached hydrogen (secondary N) is 2. The molecule has 2 rings (SSSR count). The quantitative estimate of drug-likeness (QED) is 0.700. The summed E-state index contributed by atoms with van der Waals surface area (Å²) < 4.78 is 11.9. The smallest absolute Gasteiger partial charge is 0.356 e. The van der Waals surface area contributed by atoms with Gasteiger partial charge in [-0.15, -0.1) is 0 Å². The van der Waals surface area contributed by atoms with Crippen LogP contribution in [-0.4, -0.2) is 71.9 Å². The molecule has 9 heteroatoms. The Morgan fingerprint density at radius 1 is 1.35 bits per heavy atom. The van der Waals surface area contributed by atoms with Crippen LogP contribution in [0.25, 0.3) is 0 Å². The Hall–Kier alpha value is -2.13. The summed E-state index contributed by atoms with van der Waals surface area (Å²) in [6, 6.07) is -0.117. The molecular weight excluding hydrogens is 338 g/mol. The van der Waals surface area contributed by atoms with Gasteiger partial charge in [-0.05, 0) is 12.8 Å². The second kappa shape index (κ2) is 9.54. The third-order valence-electron chi connectivity index (χ3n) is 4.45. The highest BCUT2D eigenvalue weighted by Crippen LogP contribution is 2.13. The van der Waals surface area contributed by atoms with Crippen molar-refractivity contribution in [3.63, 3.8) is 0 Å². The van der Waals surface area contributed by atoms with E-state index in [9.17, 15) is 9.59 Å². The maximum atomic E-state index is 12.2. The Labute approximate surface area is 154 Å². The van der Waals surface area contributed by atoms with E-state index in [0.29, 0.717) is 12.5 Å². The van der Waals surface area contributed by atoms with E-state index in [1.54, 1.807) is 14.0 Å². The Morgan fingerprint density at radius 2 is 2.04 bits per heavy atom. The average Bonchev–Trinajstić information content (AvgIpc) is 2.96. The summed E-state index contributed by atoms with van der Waals surface area (Å²) in [6.45, 7) is 10.0. The number of morpholine rings is 1. The fourth-order valence-corrected chi connectivity index (χ4v) is 2.96. The first kappa shape index (κ1) is 20.2. The molecule has 9 nitrogen and oxygen atoms in total. The zero-order chi connectivity index (χ0) is 19.1. The number of esters is 1. The predicted octanol–water partition coefficient (Wildman–Crippen LogP) is 1.08. The molecule has 2 heterocycles. The van der Waals surface area contributed by atoms with Crippen LogP contribution in [-0.2, 0) is 16.5 Å². The van der Waals surface area contributed by atoms with Crippen molar-refractivity contribution in [3.8, 4) is 0 Å². The summed E-state index contributed by atoms with van der Waals surface area (Å²) in [5, 5.41) is 5.57. The van der Waals surface area contributed by atoms with Gasteiger partial charge in [-0.25, -0.2) is 14.6 Å². The molecule has 146 valence electrons. The lowest BCUT2D eigenvalue weighted by atomic mass is 10.0. The van der Waals surface area contributed by atoms with Crippen molar-refractivity contribution >= 4 is 17.9 Å². The number of hydrogen-bond donors (Lipinski definition) is 2. The van der Waals surface area contributed by atoms with E-state index in [1.165, 1.54) is 10.8 Å². The van der Waals surface area contributed by atoms with Gasteiger partial charge in [0.25, 0.3) is 0 Å². The molecule has 2 amide bonds. The van der Waals surface area contributed by atoms with Crippen molar-refractivity contribution in [2.75, 3.05) is 44.8 Å². The first-order valence-corrected chi connectivity index (χ1v) is 8.99. The maximum absolute atomic E-state index is 12.2. The van der Waals surface area contributed by atoms with Crippen molar-refractivity contribution in [1.82, 2.24) is 19.8 Å². The standard InChI is InChI=1S/C17H29N5O4/c1-5-26-15(23)14-11-18-16(21(14)4)20-17(24)19-10-13(12(2)3)22-6-8-25-9-7-22/h11-13H,5-10H2,1-4H3,(H2,18,19,20,24)/t13-/m0/s1. The molecule has 2 N–H and O–H groups in total. The van der Waals surface area contributed by atoms with E-state index in [0.717, 1.165) is 26.3 Å². The van der Waals surface area contributed by atoms with Crippen LogP contribution in [0.2, 0.25) is 0 Å². The molecule has 1 atom stereocenters. The lowest BCUT2D eigenvalue weighted by Crippen LogP contribution is -2.51. The predicted molar refractivity (Wildman–Crippen MR) is 97.2 cm³/mol. The summed E-state index contributed by atoms with van der Waals surface area (Å²) in [5.41, 5.74) is 0.288. The van der Waals surface area contributed by atoms with E-state index in [-0.39, 0.29) is 30.3 Å². The third-order valence-corrected chi connectivity index (χ3v) is 4.45. The zero-order valence-electron chi connectivity index (χ0n) is 15.9. The van der Waals surface area contributed by atoms with E-state index in [2.05, 4.69) is 34.4 Å².